The van der Waals surface area contributed by atoms with Crippen molar-refractivity contribution in [2.75, 3.05) is 0 Å². The molecule has 6 heteroatoms. The first-order valence-electron chi connectivity index (χ1n) is 12.5. The summed E-state index contributed by atoms with van der Waals surface area (Å²) in [6.07, 6.45) is 20.5. The van der Waals surface area contributed by atoms with E-state index in [9.17, 15) is 18.1 Å². The average molecular weight is 457 g/mol. The topological polar surface area (TPSA) is 77.4 Å². The third kappa shape index (κ3) is 22.1. The molecule has 0 fully saturated rings. The van der Waals surface area contributed by atoms with Gasteiger partial charge in [0.1, 0.15) is 0 Å². The molecule has 30 heavy (non-hydrogen) atoms. The van der Waals surface area contributed by atoms with Crippen molar-refractivity contribution in [3.63, 3.8) is 0 Å². The van der Waals surface area contributed by atoms with E-state index in [1.54, 1.807) is 0 Å². The molecule has 2 unspecified atom stereocenters. The Morgan fingerprint density at radius 1 is 0.600 bits per heavy atom. The van der Waals surface area contributed by atoms with Gasteiger partial charge in [0.05, 0.1) is 16.2 Å². The van der Waals surface area contributed by atoms with Crippen molar-refractivity contribution in [1.82, 2.24) is 0 Å². The standard InChI is InChI=1S/C24H50O4S.Na/c1-3-5-7-9-10-11-12-13-15-17-21-24(29(26,27)28)22-18-20-23(25)19-16-14-8-6-4-2;/h23-25H,3-22H2,1-2H3,(H,26,27,28);/q;+1/p-1. The predicted molar refractivity (Wildman–Crippen MR) is 123 cm³/mol. The second kappa shape index (κ2) is 23.0. The van der Waals surface area contributed by atoms with Crippen molar-refractivity contribution in [1.29, 1.82) is 0 Å². The van der Waals surface area contributed by atoms with Gasteiger partial charge in [0.15, 0.2) is 0 Å². The molecule has 0 aromatic rings. The SMILES string of the molecule is CCCCCCCCCCCCC(CCCC(O)CCCCCCC)S(=O)(=O)[O-].[Na+]. The second-order valence-corrected chi connectivity index (χ2v) is 10.5. The van der Waals surface area contributed by atoms with Gasteiger partial charge in [0.2, 0.25) is 0 Å². The summed E-state index contributed by atoms with van der Waals surface area (Å²) in [6, 6.07) is 0. The van der Waals surface area contributed by atoms with Crippen LogP contribution in [0.1, 0.15) is 142 Å². The molecule has 0 saturated carbocycles. The minimum Gasteiger partial charge on any atom is -0.748 e. The Kier molecular flexibility index (Phi) is 25.4. The zero-order valence-electron chi connectivity index (χ0n) is 20.4. The van der Waals surface area contributed by atoms with Crippen LogP contribution in [-0.2, 0) is 10.1 Å². The van der Waals surface area contributed by atoms with E-state index in [2.05, 4.69) is 13.8 Å². The zero-order chi connectivity index (χ0) is 21.8. The van der Waals surface area contributed by atoms with Crippen LogP contribution in [0.25, 0.3) is 0 Å². The Morgan fingerprint density at radius 3 is 1.37 bits per heavy atom. The van der Waals surface area contributed by atoms with Gasteiger partial charge in [0.25, 0.3) is 0 Å². The van der Waals surface area contributed by atoms with Crippen LogP contribution in [-0.4, -0.2) is 29.4 Å². The molecular weight excluding hydrogens is 407 g/mol. The van der Waals surface area contributed by atoms with Gasteiger partial charge in [-0.2, -0.15) is 0 Å². The van der Waals surface area contributed by atoms with E-state index in [1.807, 2.05) is 0 Å². The van der Waals surface area contributed by atoms with E-state index in [0.717, 1.165) is 38.5 Å². The van der Waals surface area contributed by atoms with Crippen molar-refractivity contribution in [2.45, 2.75) is 154 Å². The zero-order valence-corrected chi connectivity index (χ0v) is 23.2. The van der Waals surface area contributed by atoms with Gasteiger partial charge in [-0.25, -0.2) is 8.42 Å². The second-order valence-electron chi connectivity index (χ2n) is 8.87. The van der Waals surface area contributed by atoms with Crippen molar-refractivity contribution in [3.05, 3.63) is 0 Å². The summed E-state index contributed by atoms with van der Waals surface area (Å²) in [4.78, 5) is 0. The molecule has 0 rings (SSSR count). The minimum atomic E-state index is -4.23. The van der Waals surface area contributed by atoms with Crippen LogP contribution in [0.3, 0.4) is 0 Å². The smallest absolute Gasteiger partial charge is 0.748 e. The third-order valence-electron chi connectivity index (χ3n) is 5.99. The molecule has 0 heterocycles. The first kappa shape index (κ1) is 33.0. The molecule has 2 atom stereocenters. The fraction of sp³-hybridized carbons (Fsp3) is 1.00. The molecule has 0 aromatic carbocycles. The molecule has 0 aromatic heterocycles. The summed E-state index contributed by atoms with van der Waals surface area (Å²) >= 11 is 0. The summed E-state index contributed by atoms with van der Waals surface area (Å²) in [5, 5.41) is 9.29. The third-order valence-corrected chi connectivity index (χ3v) is 7.28. The molecule has 0 aliphatic rings. The maximum Gasteiger partial charge on any atom is 1.00 e. The number of unbranched alkanes of at least 4 members (excludes halogenated alkanes) is 13. The van der Waals surface area contributed by atoms with E-state index >= 15 is 0 Å². The molecule has 176 valence electrons. The van der Waals surface area contributed by atoms with E-state index in [-0.39, 0.29) is 35.7 Å². The van der Waals surface area contributed by atoms with Crippen LogP contribution in [0.5, 0.6) is 0 Å². The number of aliphatic hydroxyl groups excluding tert-OH is 1. The molecule has 0 aliphatic heterocycles. The Morgan fingerprint density at radius 2 is 0.933 bits per heavy atom. The summed E-state index contributed by atoms with van der Waals surface area (Å²) in [5.41, 5.74) is 0. The number of hydrogen-bond donors (Lipinski definition) is 1. The first-order chi connectivity index (χ1) is 13.9. The fourth-order valence-electron chi connectivity index (χ4n) is 4.00. The maximum atomic E-state index is 11.6. The predicted octanol–water partition coefficient (Wildman–Crippen LogP) is 4.11. The van der Waals surface area contributed by atoms with E-state index in [1.165, 1.54) is 64.2 Å². The van der Waals surface area contributed by atoms with Crippen molar-refractivity contribution in [3.8, 4) is 0 Å². The summed E-state index contributed by atoms with van der Waals surface area (Å²) in [5.74, 6) is 0. The summed E-state index contributed by atoms with van der Waals surface area (Å²) < 4.78 is 34.7. The van der Waals surface area contributed by atoms with E-state index in [0.29, 0.717) is 25.7 Å². The van der Waals surface area contributed by atoms with Crippen molar-refractivity contribution >= 4 is 10.1 Å². The van der Waals surface area contributed by atoms with Crippen LogP contribution in [0.4, 0.5) is 0 Å². The van der Waals surface area contributed by atoms with Gasteiger partial charge in [-0.1, -0.05) is 110 Å². The van der Waals surface area contributed by atoms with Gasteiger partial charge in [0, 0.05) is 5.25 Å². The minimum absolute atomic E-state index is 0. The van der Waals surface area contributed by atoms with Crippen molar-refractivity contribution < 1.29 is 47.6 Å². The maximum absolute atomic E-state index is 11.6. The van der Waals surface area contributed by atoms with Crippen LogP contribution < -0.4 is 29.6 Å². The quantitative estimate of drug-likeness (QED) is 0.151. The molecule has 0 radical (unpaired) electrons. The van der Waals surface area contributed by atoms with Crippen LogP contribution in [0.2, 0.25) is 0 Å². The molecule has 4 nitrogen and oxygen atoms in total. The normalized spacial score (nSPS) is 13.7. The van der Waals surface area contributed by atoms with Gasteiger partial charge in [-0.05, 0) is 32.1 Å². The van der Waals surface area contributed by atoms with Crippen molar-refractivity contribution in [2.24, 2.45) is 0 Å². The number of hydrogen-bond acceptors (Lipinski definition) is 4. The van der Waals surface area contributed by atoms with Crippen LogP contribution in [0, 0.1) is 0 Å². The van der Waals surface area contributed by atoms with Gasteiger partial charge in [-0.3, -0.25) is 0 Å². The van der Waals surface area contributed by atoms with Gasteiger partial charge >= 0.3 is 29.6 Å². The van der Waals surface area contributed by atoms with Crippen LogP contribution >= 0.6 is 0 Å². The molecule has 0 aliphatic carbocycles. The van der Waals surface area contributed by atoms with Crippen LogP contribution in [0.15, 0.2) is 0 Å². The molecule has 0 amide bonds. The number of aliphatic hydroxyl groups is 1. The average Bonchev–Trinajstić information content (AvgIpc) is 2.67. The van der Waals surface area contributed by atoms with E-state index in [4.69, 9.17) is 0 Å². The monoisotopic (exact) mass is 456 g/mol. The molecule has 0 spiro atoms. The fourth-order valence-corrected chi connectivity index (χ4v) is 4.91. The molecule has 0 bridgehead atoms. The van der Waals surface area contributed by atoms with E-state index < -0.39 is 15.4 Å². The molecule has 0 saturated heterocycles. The van der Waals surface area contributed by atoms with Gasteiger partial charge < -0.3 is 9.66 Å². The Bertz CT molecular complexity index is 442. The first-order valence-corrected chi connectivity index (χ1v) is 14.0. The summed E-state index contributed by atoms with van der Waals surface area (Å²) in [7, 11) is -4.23. The Balaban J connectivity index is 0. The molecule has 1 N–H and O–H groups in total. The number of rotatable bonds is 22. The van der Waals surface area contributed by atoms with Gasteiger partial charge in [-0.15, -0.1) is 0 Å². The Labute approximate surface area is 210 Å². The Hall–Kier alpha value is 0.870. The summed E-state index contributed by atoms with van der Waals surface area (Å²) in [6.45, 7) is 4.41. The molecular formula is C24H49NaO4S. The largest absolute Gasteiger partial charge is 1.00 e.